The van der Waals surface area contributed by atoms with Gasteiger partial charge in [-0.25, -0.2) is 18.7 Å². The van der Waals surface area contributed by atoms with E-state index in [1.165, 1.54) is 24.5 Å². The molecule has 0 saturated carbocycles. The number of rotatable bonds is 9. The normalized spacial score (nSPS) is 11.9. The molecule has 0 fully saturated rings. The first-order chi connectivity index (χ1) is 21.7. The van der Waals surface area contributed by atoms with Crippen LogP contribution in [-0.4, -0.2) is 50.2 Å². The highest BCUT2D eigenvalue weighted by atomic mass is 32.1. The fraction of sp³-hybridized carbons (Fsp3) is 0.156. The maximum atomic E-state index is 15.9. The van der Waals surface area contributed by atoms with Crippen LogP contribution in [-0.2, 0) is 16.6 Å². The Balaban J connectivity index is 1.62. The van der Waals surface area contributed by atoms with Gasteiger partial charge in [0.25, 0.3) is 5.91 Å². The lowest BCUT2D eigenvalue weighted by Crippen LogP contribution is -2.25. The maximum Gasteiger partial charge on any atom is 0.257 e. The number of likely N-dealkylation sites (N-methyl/N-ethyl adjacent to an activating group) is 1. The van der Waals surface area contributed by atoms with E-state index in [1.54, 1.807) is 19.3 Å². The molecule has 0 aliphatic carbocycles. The van der Waals surface area contributed by atoms with Crippen LogP contribution < -0.4 is 15.4 Å². The van der Waals surface area contributed by atoms with Crippen molar-refractivity contribution in [2.24, 2.45) is 7.05 Å². The molecule has 0 radical (unpaired) electrons. The Kier molecular flexibility index (Phi) is 7.85. The number of fused-ring (bicyclic) bond motifs is 2. The SMILES string of the molecule is C=CC(=O)N[C@H](C)c1cc(-c2nc(-c3ccc4c(c3)ncn4C)c3ccsc3c2-c2c(F)cc(F)cc2OCC(=O)NC)n[nH]1. The Labute approximate surface area is 259 Å². The lowest BCUT2D eigenvalue weighted by Gasteiger charge is -2.17. The number of benzene rings is 2. The smallest absolute Gasteiger partial charge is 0.257 e. The summed E-state index contributed by atoms with van der Waals surface area (Å²) in [5.41, 5.74) is 4.52. The number of amides is 2. The molecule has 0 aliphatic heterocycles. The summed E-state index contributed by atoms with van der Waals surface area (Å²) >= 11 is 1.35. The molecule has 0 spiro atoms. The second-order valence-electron chi connectivity index (χ2n) is 10.3. The molecule has 6 rings (SSSR count). The molecule has 0 saturated heterocycles. The van der Waals surface area contributed by atoms with E-state index in [9.17, 15) is 14.0 Å². The molecule has 6 aromatic rings. The molecule has 2 amide bonds. The zero-order valence-corrected chi connectivity index (χ0v) is 25.3. The van der Waals surface area contributed by atoms with E-state index < -0.39 is 30.2 Å². The number of halogens is 2. The third kappa shape index (κ3) is 5.53. The minimum absolute atomic E-state index is 0.0699. The molecule has 228 valence electrons. The van der Waals surface area contributed by atoms with Crippen LogP contribution in [0, 0.1) is 11.6 Å². The Hall–Kier alpha value is -5.43. The molecule has 1 atom stereocenters. The zero-order chi connectivity index (χ0) is 31.8. The number of pyridine rings is 1. The van der Waals surface area contributed by atoms with Gasteiger partial charge in [-0.3, -0.25) is 14.7 Å². The molecular weight excluding hydrogens is 600 g/mol. The van der Waals surface area contributed by atoms with Crippen LogP contribution in [0.25, 0.3) is 54.9 Å². The van der Waals surface area contributed by atoms with Gasteiger partial charge in [0.05, 0.1) is 40.4 Å². The summed E-state index contributed by atoms with van der Waals surface area (Å²) in [4.78, 5) is 33.5. The number of thiophene rings is 1. The maximum absolute atomic E-state index is 15.9. The van der Waals surface area contributed by atoms with Crippen molar-refractivity contribution in [2.75, 3.05) is 13.7 Å². The minimum atomic E-state index is -0.898. The van der Waals surface area contributed by atoms with Gasteiger partial charge in [0, 0.05) is 47.4 Å². The van der Waals surface area contributed by atoms with Crippen LogP contribution in [0.1, 0.15) is 18.7 Å². The van der Waals surface area contributed by atoms with Crippen LogP contribution >= 0.6 is 11.3 Å². The summed E-state index contributed by atoms with van der Waals surface area (Å²) in [5.74, 6) is -2.77. The van der Waals surface area contributed by atoms with E-state index in [1.807, 2.05) is 41.3 Å². The van der Waals surface area contributed by atoms with Crippen molar-refractivity contribution in [1.29, 1.82) is 0 Å². The molecule has 4 heterocycles. The van der Waals surface area contributed by atoms with E-state index in [4.69, 9.17) is 9.72 Å². The predicted molar refractivity (Wildman–Crippen MR) is 169 cm³/mol. The Morgan fingerprint density at radius 1 is 1.16 bits per heavy atom. The van der Waals surface area contributed by atoms with Crippen molar-refractivity contribution in [3.63, 3.8) is 0 Å². The summed E-state index contributed by atoms with van der Waals surface area (Å²) in [6.07, 6.45) is 2.90. The van der Waals surface area contributed by atoms with Gasteiger partial charge in [-0.15, -0.1) is 11.3 Å². The largest absolute Gasteiger partial charge is 0.483 e. The number of carbonyl (C=O) groups is 2. The number of H-pyrrole nitrogens is 1. The van der Waals surface area contributed by atoms with Crippen LogP contribution in [0.3, 0.4) is 0 Å². The number of ether oxygens (including phenoxy) is 1. The van der Waals surface area contributed by atoms with Crippen LogP contribution in [0.2, 0.25) is 0 Å². The lowest BCUT2D eigenvalue weighted by molar-refractivity contribution is -0.122. The van der Waals surface area contributed by atoms with E-state index in [0.29, 0.717) is 27.3 Å². The number of aryl methyl sites for hydroxylation is 1. The first-order valence-electron chi connectivity index (χ1n) is 13.8. The van der Waals surface area contributed by atoms with E-state index in [2.05, 4.69) is 32.4 Å². The summed E-state index contributed by atoms with van der Waals surface area (Å²) in [7, 11) is 3.34. The molecule has 2 aromatic carbocycles. The van der Waals surface area contributed by atoms with E-state index in [-0.39, 0.29) is 22.9 Å². The topological polar surface area (TPSA) is 127 Å². The van der Waals surface area contributed by atoms with E-state index in [0.717, 1.165) is 34.1 Å². The van der Waals surface area contributed by atoms with Gasteiger partial charge >= 0.3 is 0 Å². The standard InChI is InChI=1S/C32H27F2N7O3S/c1-5-26(42)37-16(2)21-13-23(40-39-21)31-29(28-20(34)11-18(33)12-25(28)44-14-27(43)35-3)32-19(8-9-45-32)30(38-31)17-6-7-24-22(10-17)36-15-41(24)4/h5-13,15-16H,1,14H2,2-4H3,(H,35,43)(H,37,42)(H,39,40)/t16-/m1/s1. The number of nitrogens with zero attached hydrogens (tertiary/aromatic N) is 4. The molecule has 13 heteroatoms. The Morgan fingerprint density at radius 2 is 1.98 bits per heavy atom. The van der Waals surface area contributed by atoms with Crippen molar-refractivity contribution in [1.82, 2.24) is 35.4 Å². The zero-order valence-electron chi connectivity index (χ0n) is 24.4. The van der Waals surface area contributed by atoms with Gasteiger partial charge in [-0.05, 0) is 42.6 Å². The molecule has 3 N–H and O–H groups in total. The van der Waals surface area contributed by atoms with Gasteiger partial charge in [-0.2, -0.15) is 5.10 Å². The molecular formula is C32H27F2N7O3S. The van der Waals surface area contributed by atoms with Crippen molar-refractivity contribution in [2.45, 2.75) is 13.0 Å². The number of aromatic amines is 1. The van der Waals surface area contributed by atoms with Gasteiger partial charge < -0.3 is 19.9 Å². The van der Waals surface area contributed by atoms with Gasteiger partial charge in [0.15, 0.2) is 6.61 Å². The molecule has 45 heavy (non-hydrogen) atoms. The summed E-state index contributed by atoms with van der Waals surface area (Å²) in [6.45, 7) is 4.80. The average Bonchev–Trinajstić information content (AvgIpc) is 3.79. The summed E-state index contributed by atoms with van der Waals surface area (Å²) in [6, 6.07) is 10.7. The number of imidazole rings is 1. The van der Waals surface area contributed by atoms with Crippen molar-refractivity contribution in [3.05, 3.63) is 84.2 Å². The highest BCUT2D eigenvalue weighted by Gasteiger charge is 2.27. The summed E-state index contributed by atoms with van der Waals surface area (Å²) in [5, 5.41) is 15.2. The highest BCUT2D eigenvalue weighted by molar-refractivity contribution is 7.18. The lowest BCUT2D eigenvalue weighted by atomic mass is 9.96. The van der Waals surface area contributed by atoms with Crippen LogP contribution in [0.5, 0.6) is 5.75 Å². The quantitative estimate of drug-likeness (QED) is 0.177. The second-order valence-corrected chi connectivity index (χ2v) is 11.2. The molecule has 0 bridgehead atoms. The van der Waals surface area contributed by atoms with Gasteiger partial charge in [0.1, 0.15) is 28.8 Å². The third-order valence-electron chi connectivity index (χ3n) is 7.36. The number of nitrogens with one attached hydrogen (secondary N) is 3. The molecule has 10 nitrogen and oxygen atoms in total. The molecule has 4 aromatic heterocycles. The monoisotopic (exact) mass is 627 g/mol. The predicted octanol–water partition coefficient (Wildman–Crippen LogP) is 5.67. The molecule has 0 aliphatic rings. The Morgan fingerprint density at radius 3 is 2.76 bits per heavy atom. The fourth-order valence-corrected chi connectivity index (χ4v) is 6.05. The number of carbonyl (C=O) groups excluding carboxylic acids is 2. The highest BCUT2D eigenvalue weighted by Crippen LogP contribution is 2.47. The number of hydrogen-bond donors (Lipinski definition) is 3. The minimum Gasteiger partial charge on any atom is -0.483 e. The average molecular weight is 628 g/mol. The first kappa shape index (κ1) is 29.6. The first-order valence-corrected chi connectivity index (χ1v) is 14.7. The van der Waals surface area contributed by atoms with Crippen molar-refractivity contribution < 1.29 is 23.1 Å². The van der Waals surface area contributed by atoms with Gasteiger partial charge in [0.2, 0.25) is 5.91 Å². The fourth-order valence-electron chi connectivity index (χ4n) is 5.10. The second kappa shape index (κ2) is 11.9. The number of aromatic nitrogens is 5. The third-order valence-corrected chi connectivity index (χ3v) is 8.30. The van der Waals surface area contributed by atoms with Crippen LogP contribution in [0.15, 0.2) is 66.8 Å². The van der Waals surface area contributed by atoms with E-state index >= 15 is 4.39 Å². The molecule has 0 unspecified atom stereocenters. The van der Waals surface area contributed by atoms with Gasteiger partial charge in [-0.1, -0.05) is 12.6 Å². The summed E-state index contributed by atoms with van der Waals surface area (Å²) < 4.78 is 38.7. The Bertz CT molecular complexity index is 2120. The number of hydrogen-bond acceptors (Lipinski definition) is 7. The van der Waals surface area contributed by atoms with Crippen molar-refractivity contribution >= 4 is 44.3 Å². The van der Waals surface area contributed by atoms with Crippen LogP contribution in [0.4, 0.5) is 8.78 Å². The van der Waals surface area contributed by atoms with Crippen molar-refractivity contribution in [3.8, 4) is 39.5 Å².